The number of anilines is 2. The number of hydrogen-bond donors (Lipinski definition) is 2. The Kier molecular flexibility index (Phi) is 9.14. The molecule has 2 aromatic rings. The van der Waals surface area contributed by atoms with Crippen molar-refractivity contribution in [3.63, 3.8) is 0 Å². The van der Waals surface area contributed by atoms with Crippen LogP contribution in [-0.2, 0) is 17.4 Å². The van der Waals surface area contributed by atoms with Gasteiger partial charge in [0.05, 0.1) is 31.2 Å². The standard InChI is InChI=1S/C27H35F3N4O4/c1-17-14-34(18(2)16-35)25(36)13-19-12-22(32(3)4)10-11-23(19)38-24(17)15-33(5)26(37)31-21-8-6-20(7-9-21)27(28,29)30/h6-12,17-18,24,35H,13-16H2,1-5H3,(H,31,37)/t17-,18-,24+/m0/s1. The quantitative estimate of drug-likeness (QED) is 0.581. The van der Waals surface area contributed by atoms with Gasteiger partial charge in [0, 0.05) is 50.5 Å². The second-order valence-electron chi connectivity index (χ2n) is 9.96. The fourth-order valence-corrected chi connectivity index (χ4v) is 4.23. The number of halogens is 3. The number of rotatable bonds is 6. The van der Waals surface area contributed by atoms with Gasteiger partial charge in [0.1, 0.15) is 11.9 Å². The molecule has 0 saturated carbocycles. The number of carbonyl (C=O) groups excluding carboxylic acids is 2. The third kappa shape index (κ3) is 7.09. The van der Waals surface area contributed by atoms with E-state index in [1.54, 1.807) is 18.9 Å². The van der Waals surface area contributed by atoms with Gasteiger partial charge in [-0.05, 0) is 49.4 Å². The van der Waals surface area contributed by atoms with Gasteiger partial charge < -0.3 is 29.9 Å². The lowest BCUT2D eigenvalue weighted by Gasteiger charge is -2.34. The Morgan fingerprint density at radius 3 is 2.42 bits per heavy atom. The molecule has 3 rings (SSSR count). The highest BCUT2D eigenvalue weighted by Gasteiger charge is 2.32. The summed E-state index contributed by atoms with van der Waals surface area (Å²) >= 11 is 0. The highest BCUT2D eigenvalue weighted by Crippen LogP contribution is 2.31. The maximum absolute atomic E-state index is 13.2. The lowest BCUT2D eigenvalue weighted by Crippen LogP contribution is -2.48. The molecule has 0 aliphatic carbocycles. The van der Waals surface area contributed by atoms with Crippen LogP contribution in [0.15, 0.2) is 42.5 Å². The fourth-order valence-electron chi connectivity index (χ4n) is 4.23. The van der Waals surface area contributed by atoms with E-state index >= 15 is 0 Å². The first kappa shape index (κ1) is 29.1. The van der Waals surface area contributed by atoms with Crippen molar-refractivity contribution in [1.29, 1.82) is 0 Å². The molecule has 1 heterocycles. The van der Waals surface area contributed by atoms with Crippen LogP contribution in [-0.4, -0.2) is 79.8 Å². The molecule has 1 aliphatic heterocycles. The predicted molar refractivity (Wildman–Crippen MR) is 139 cm³/mol. The Labute approximate surface area is 221 Å². The highest BCUT2D eigenvalue weighted by atomic mass is 19.4. The minimum Gasteiger partial charge on any atom is -0.488 e. The van der Waals surface area contributed by atoms with Gasteiger partial charge in [-0.15, -0.1) is 0 Å². The van der Waals surface area contributed by atoms with Crippen LogP contribution in [0.1, 0.15) is 25.0 Å². The molecule has 38 heavy (non-hydrogen) atoms. The molecule has 0 saturated heterocycles. The van der Waals surface area contributed by atoms with Crippen molar-refractivity contribution in [2.75, 3.05) is 51.1 Å². The van der Waals surface area contributed by atoms with Crippen LogP contribution >= 0.6 is 0 Å². The van der Waals surface area contributed by atoms with E-state index < -0.39 is 29.9 Å². The van der Waals surface area contributed by atoms with E-state index in [0.717, 1.165) is 17.8 Å². The average molecular weight is 537 g/mol. The summed E-state index contributed by atoms with van der Waals surface area (Å²) in [7, 11) is 5.36. The van der Waals surface area contributed by atoms with Crippen LogP contribution < -0.4 is 15.0 Å². The van der Waals surface area contributed by atoms with E-state index in [4.69, 9.17) is 4.74 Å². The van der Waals surface area contributed by atoms with Crippen LogP contribution in [0.3, 0.4) is 0 Å². The molecule has 0 aromatic heterocycles. The van der Waals surface area contributed by atoms with Crippen molar-refractivity contribution in [1.82, 2.24) is 9.80 Å². The van der Waals surface area contributed by atoms with Crippen LogP contribution in [0.2, 0.25) is 0 Å². The fraction of sp³-hybridized carbons (Fsp3) is 0.481. The van der Waals surface area contributed by atoms with Gasteiger partial charge in [-0.3, -0.25) is 4.79 Å². The number of nitrogens with one attached hydrogen (secondary N) is 1. The third-order valence-corrected chi connectivity index (χ3v) is 6.68. The third-order valence-electron chi connectivity index (χ3n) is 6.68. The molecule has 1 aliphatic rings. The number of aliphatic hydroxyl groups excluding tert-OH is 1. The second kappa shape index (κ2) is 11.9. The molecule has 8 nitrogen and oxygen atoms in total. The average Bonchev–Trinajstić information content (AvgIpc) is 2.90. The summed E-state index contributed by atoms with van der Waals surface area (Å²) in [5.41, 5.74) is 1.03. The van der Waals surface area contributed by atoms with E-state index in [1.165, 1.54) is 17.0 Å². The summed E-state index contributed by atoms with van der Waals surface area (Å²) < 4.78 is 44.9. The van der Waals surface area contributed by atoms with Crippen molar-refractivity contribution in [3.05, 3.63) is 53.6 Å². The van der Waals surface area contributed by atoms with Gasteiger partial charge in [0.25, 0.3) is 0 Å². The Hall–Kier alpha value is -3.47. The predicted octanol–water partition coefficient (Wildman–Crippen LogP) is 4.08. The van der Waals surface area contributed by atoms with Gasteiger partial charge in [0.15, 0.2) is 0 Å². The number of urea groups is 1. The molecule has 2 aromatic carbocycles. The molecular weight excluding hydrogens is 501 g/mol. The lowest BCUT2D eigenvalue weighted by atomic mass is 10.0. The molecule has 3 amide bonds. The Bertz CT molecular complexity index is 1120. The monoisotopic (exact) mass is 536 g/mol. The van der Waals surface area contributed by atoms with Crippen molar-refractivity contribution < 1.29 is 32.6 Å². The molecule has 208 valence electrons. The number of likely N-dealkylation sites (N-methyl/N-ethyl adjacent to an activating group) is 1. The molecule has 0 spiro atoms. The lowest BCUT2D eigenvalue weighted by molar-refractivity contribution is -0.137. The van der Waals surface area contributed by atoms with E-state index in [2.05, 4.69) is 5.32 Å². The first-order valence-corrected chi connectivity index (χ1v) is 12.4. The Balaban J connectivity index is 1.83. The number of benzene rings is 2. The number of alkyl halides is 3. The highest BCUT2D eigenvalue weighted by molar-refractivity contribution is 5.89. The van der Waals surface area contributed by atoms with Crippen LogP contribution in [0.25, 0.3) is 0 Å². The Morgan fingerprint density at radius 1 is 1.18 bits per heavy atom. The van der Waals surface area contributed by atoms with Gasteiger partial charge in [-0.2, -0.15) is 13.2 Å². The van der Waals surface area contributed by atoms with E-state index in [1.807, 2.05) is 44.1 Å². The number of amides is 3. The zero-order chi connectivity index (χ0) is 28.2. The molecule has 0 fully saturated rings. The molecule has 0 radical (unpaired) electrons. The summed E-state index contributed by atoms with van der Waals surface area (Å²) in [5, 5.41) is 12.4. The van der Waals surface area contributed by atoms with Crippen molar-refractivity contribution in [3.8, 4) is 5.75 Å². The topological polar surface area (TPSA) is 85.4 Å². The van der Waals surface area contributed by atoms with Gasteiger partial charge >= 0.3 is 12.2 Å². The summed E-state index contributed by atoms with van der Waals surface area (Å²) in [6, 6.07) is 8.90. The van der Waals surface area contributed by atoms with Gasteiger partial charge in [-0.1, -0.05) is 6.92 Å². The normalized spacial score (nSPS) is 18.9. The van der Waals surface area contributed by atoms with Crippen LogP contribution in [0.5, 0.6) is 5.75 Å². The van der Waals surface area contributed by atoms with Gasteiger partial charge in [-0.25, -0.2) is 4.79 Å². The Morgan fingerprint density at radius 2 is 1.84 bits per heavy atom. The molecule has 0 unspecified atom stereocenters. The molecule has 2 N–H and O–H groups in total. The molecule has 0 bridgehead atoms. The number of aliphatic hydroxyl groups is 1. The maximum atomic E-state index is 13.2. The van der Waals surface area contributed by atoms with Gasteiger partial charge in [0.2, 0.25) is 5.91 Å². The number of nitrogens with zero attached hydrogens (tertiary/aromatic N) is 3. The van der Waals surface area contributed by atoms with E-state index in [0.29, 0.717) is 17.9 Å². The number of fused-ring (bicyclic) bond motifs is 1. The van der Waals surface area contributed by atoms with Crippen molar-refractivity contribution in [2.45, 2.75) is 38.6 Å². The van der Waals surface area contributed by atoms with E-state index in [9.17, 15) is 27.9 Å². The summed E-state index contributed by atoms with van der Waals surface area (Å²) in [6.45, 7) is 3.96. The number of ether oxygens (including phenoxy) is 1. The molecule has 3 atom stereocenters. The number of carbonyl (C=O) groups is 2. The molecule has 11 heteroatoms. The summed E-state index contributed by atoms with van der Waals surface area (Å²) in [6.07, 6.45) is -4.87. The van der Waals surface area contributed by atoms with Crippen LogP contribution in [0.4, 0.5) is 29.3 Å². The zero-order valence-electron chi connectivity index (χ0n) is 22.2. The van der Waals surface area contributed by atoms with Crippen molar-refractivity contribution >= 4 is 23.3 Å². The smallest absolute Gasteiger partial charge is 0.416 e. The first-order chi connectivity index (χ1) is 17.8. The second-order valence-corrected chi connectivity index (χ2v) is 9.96. The minimum absolute atomic E-state index is 0.102. The zero-order valence-corrected chi connectivity index (χ0v) is 22.2. The largest absolute Gasteiger partial charge is 0.488 e. The molecular formula is C27H35F3N4O4. The minimum atomic E-state index is -4.46. The van der Waals surface area contributed by atoms with E-state index in [-0.39, 0.29) is 37.1 Å². The van der Waals surface area contributed by atoms with Crippen LogP contribution in [0, 0.1) is 5.92 Å². The van der Waals surface area contributed by atoms with Crippen molar-refractivity contribution in [2.24, 2.45) is 5.92 Å². The summed E-state index contributed by atoms with van der Waals surface area (Å²) in [5.74, 6) is 0.192. The first-order valence-electron chi connectivity index (χ1n) is 12.4. The SMILES string of the molecule is C[C@H]1CN([C@@H](C)CO)C(=O)Cc2cc(N(C)C)ccc2O[C@@H]1CN(C)C(=O)Nc1ccc(C(F)(F)F)cc1. The maximum Gasteiger partial charge on any atom is 0.416 e. The number of hydrogen-bond acceptors (Lipinski definition) is 5. The summed E-state index contributed by atoms with van der Waals surface area (Å²) in [4.78, 5) is 31.1.